The number of allylic oxidation sites excluding steroid dienone is 3. The summed E-state index contributed by atoms with van der Waals surface area (Å²) in [5.74, 6) is -0.0469. The third-order valence-electron chi connectivity index (χ3n) is 16.0. The molecule has 0 bridgehead atoms. The summed E-state index contributed by atoms with van der Waals surface area (Å²) in [5.41, 5.74) is 0. The number of aliphatic hydroxyl groups excluding tert-OH is 2. The summed E-state index contributed by atoms with van der Waals surface area (Å²) < 4.78 is 5.48. The van der Waals surface area contributed by atoms with Crippen LogP contribution in [-0.4, -0.2) is 47.4 Å². The first-order chi connectivity index (χ1) is 37.0. The van der Waals surface area contributed by atoms with Crippen molar-refractivity contribution in [1.29, 1.82) is 0 Å². The number of ether oxygens (including phenoxy) is 1. The van der Waals surface area contributed by atoms with E-state index >= 15 is 0 Å². The van der Waals surface area contributed by atoms with Gasteiger partial charge in [-0.25, -0.2) is 0 Å². The maximum atomic E-state index is 12.5. The Hall–Kier alpha value is -1.66. The lowest BCUT2D eigenvalue weighted by Gasteiger charge is -2.20. The smallest absolute Gasteiger partial charge is 0.305 e. The third-order valence-corrected chi connectivity index (χ3v) is 16.0. The first-order valence-electron chi connectivity index (χ1n) is 34.1. The number of rotatable bonds is 64. The average molecular weight is 1060 g/mol. The van der Waals surface area contributed by atoms with E-state index in [0.717, 1.165) is 38.5 Å². The molecule has 6 nitrogen and oxygen atoms in total. The number of carbonyl (C=O) groups excluding carboxylic acids is 2. The van der Waals surface area contributed by atoms with Gasteiger partial charge in [-0.05, 0) is 57.8 Å². The quantitative estimate of drug-likeness (QED) is 0.0320. The highest BCUT2D eigenvalue weighted by Crippen LogP contribution is 2.18. The van der Waals surface area contributed by atoms with Crippen LogP contribution in [0.5, 0.6) is 0 Å². The molecule has 1 amide bonds. The molecule has 444 valence electrons. The van der Waals surface area contributed by atoms with Crippen molar-refractivity contribution < 1.29 is 24.5 Å². The fourth-order valence-corrected chi connectivity index (χ4v) is 10.7. The Labute approximate surface area is 469 Å². The first-order valence-corrected chi connectivity index (χ1v) is 34.1. The number of esters is 1. The molecule has 6 heteroatoms. The van der Waals surface area contributed by atoms with Crippen molar-refractivity contribution in [3.63, 3.8) is 0 Å². The number of hydrogen-bond donors (Lipinski definition) is 3. The fourth-order valence-electron chi connectivity index (χ4n) is 10.7. The Bertz CT molecular complexity index is 1170. The molecule has 0 aliphatic rings. The molecule has 0 aromatic rings. The van der Waals surface area contributed by atoms with E-state index < -0.39 is 12.1 Å². The van der Waals surface area contributed by atoms with Crippen molar-refractivity contribution in [3.8, 4) is 0 Å². The Morgan fingerprint density at radius 3 is 0.947 bits per heavy atom. The number of nitrogens with one attached hydrogen (secondary N) is 1. The van der Waals surface area contributed by atoms with E-state index in [-0.39, 0.29) is 18.5 Å². The first kappa shape index (κ1) is 73.3. The zero-order valence-electron chi connectivity index (χ0n) is 50.8. The molecule has 0 rings (SSSR count). The summed E-state index contributed by atoms with van der Waals surface area (Å²) >= 11 is 0. The predicted octanol–water partition coefficient (Wildman–Crippen LogP) is 21.8. The summed E-state index contributed by atoms with van der Waals surface area (Å²) in [6, 6.07) is -0.627. The molecule has 0 fully saturated rings. The monoisotopic (exact) mass is 1060 g/mol. The summed E-state index contributed by atoms with van der Waals surface area (Å²) in [6.45, 7) is 4.93. The minimum atomic E-state index is -0.844. The number of amides is 1. The van der Waals surface area contributed by atoms with Gasteiger partial charge >= 0.3 is 5.97 Å². The second-order valence-corrected chi connectivity index (χ2v) is 23.5. The minimum absolute atomic E-state index is 0.0173. The van der Waals surface area contributed by atoms with Crippen molar-refractivity contribution in [2.24, 2.45) is 0 Å². The molecule has 75 heavy (non-hydrogen) atoms. The highest BCUT2D eigenvalue weighted by molar-refractivity contribution is 5.76. The molecule has 0 aromatic carbocycles. The summed E-state index contributed by atoms with van der Waals surface area (Å²) in [7, 11) is 0. The Morgan fingerprint density at radius 1 is 0.360 bits per heavy atom. The topological polar surface area (TPSA) is 95.9 Å². The van der Waals surface area contributed by atoms with Crippen molar-refractivity contribution >= 4 is 11.9 Å². The molecule has 2 atom stereocenters. The molecule has 3 N–H and O–H groups in total. The zero-order valence-corrected chi connectivity index (χ0v) is 50.8. The molecule has 0 aliphatic carbocycles. The molecule has 0 heterocycles. The van der Waals surface area contributed by atoms with Gasteiger partial charge in [0.2, 0.25) is 5.91 Å². The van der Waals surface area contributed by atoms with Crippen LogP contribution in [0.15, 0.2) is 24.3 Å². The van der Waals surface area contributed by atoms with Gasteiger partial charge in [0.1, 0.15) is 0 Å². The lowest BCUT2D eigenvalue weighted by Crippen LogP contribution is -2.45. The van der Waals surface area contributed by atoms with Crippen LogP contribution in [-0.2, 0) is 14.3 Å². The van der Waals surface area contributed by atoms with Crippen LogP contribution in [0, 0.1) is 0 Å². The summed E-state index contributed by atoms with van der Waals surface area (Å²) in [6.07, 6.45) is 81.1. The molecule has 0 aromatic heterocycles. The van der Waals surface area contributed by atoms with Crippen LogP contribution in [0.25, 0.3) is 0 Å². The van der Waals surface area contributed by atoms with Crippen LogP contribution in [0.2, 0.25) is 0 Å². The van der Waals surface area contributed by atoms with Crippen molar-refractivity contribution in [3.05, 3.63) is 24.3 Å². The average Bonchev–Trinajstić information content (AvgIpc) is 3.41. The van der Waals surface area contributed by atoms with Crippen molar-refractivity contribution in [2.45, 2.75) is 392 Å². The number of aliphatic hydroxyl groups is 2. The maximum absolute atomic E-state index is 12.5. The van der Waals surface area contributed by atoms with E-state index in [1.165, 1.54) is 315 Å². The zero-order chi connectivity index (χ0) is 54.3. The summed E-state index contributed by atoms with van der Waals surface area (Å²) in [4.78, 5) is 24.5. The van der Waals surface area contributed by atoms with Crippen LogP contribution in [0.4, 0.5) is 0 Å². The second-order valence-electron chi connectivity index (χ2n) is 23.5. The van der Waals surface area contributed by atoms with E-state index in [2.05, 4.69) is 31.3 Å². The highest BCUT2D eigenvalue weighted by Gasteiger charge is 2.18. The van der Waals surface area contributed by atoms with E-state index in [1.807, 2.05) is 6.08 Å². The van der Waals surface area contributed by atoms with Crippen molar-refractivity contribution in [2.75, 3.05) is 13.2 Å². The van der Waals surface area contributed by atoms with Gasteiger partial charge < -0.3 is 20.3 Å². The van der Waals surface area contributed by atoms with Gasteiger partial charge in [0.25, 0.3) is 0 Å². The maximum Gasteiger partial charge on any atom is 0.305 e. The van der Waals surface area contributed by atoms with Crippen molar-refractivity contribution in [1.82, 2.24) is 5.32 Å². The molecular formula is C69H133NO5. The van der Waals surface area contributed by atoms with Crippen LogP contribution in [0.1, 0.15) is 380 Å². The normalized spacial score (nSPS) is 12.6. The van der Waals surface area contributed by atoms with E-state index in [4.69, 9.17) is 4.74 Å². The van der Waals surface area contributed by atoms with E-state index in [0.29, 0.717) is 19.4 Å². The van der Waals surface area contributed by atoms with Gasteiger partial charge in [0.15, 0.2) is 0 Å². The molecule has 0 saturated heterocycles. The molecule has 0 spiro atoms. The van der Waals surface area contributed by atoms with Crippen LogP contribution < -0.4 is 5.32 Å². The lowest BCUT2D eigenvalue weighted by molar-refractivity contribution is -0.143. The van der Waals surface area contributed by atoms with E-state index in [9.17, 15) is 19.8 Å². The Morgan fingerprint density at radius 2 is 0.627 bits per heavy atom. The standard InChI is InChI=1S/C69H133NO5/c1-3-5-7-9-11-13-15-17-18-32-35-38-41-45-49-53-57-61-67(72)66(65-71)70-68(73)62-58-54-50-46-42-39-36-33-30-28-26-24-22-20-19-21-23-25-27-29-31-34-37-40-44-48-52-56-60-64-75-69(74)63-59-55-51-47-43-16-14-12-10-8-6-4-2/h19,21,57,61,66-67,71-72H,3-18,20,22-56,58-60,62-65H2,1-2H3,(H,70,73)/b21-19-,61-57+. The Kier molecular flexibility index (Phi) is 63.4. The lowest BCUT2D eigenvalue weighted by atomic mass is 10.0. The SMILES string of the molecule is CCCCCCCCCCCCCCCCC/C=C/C(O)C(CO)NC(=O)CCCCCCCCCCCCCCC/C=C\CCCCCCCCCCCCCCOC(=O)CCCCCCCCCCCCCC. The van der Waals surface area contributed by atoms with Crippen LogP contribution >= 0.6 is 0 Å². The number of carbonyl (C=O) groups is 2. The molecule has 0 aliphatic heterocycles. The van der Waals surface area contributed by atoms with Gasteiger partial charge in [0, 0.05) is 12.8 Å². The molecular weight excluding hydrogens is 923 g/mol. The molecule has 2 unspecified atom stereocenters. The minimum Gasteiger partial charge on any atom is -0.466 e. The van der Waals surface area contributed by atoms with E-state index in [1.54, 1.807) is 6.08 Å². The van der Waals surface area contributed by atoms with Gasteiger partial charge in [-0.3, -0.25) is 9.59 Å². The predicted molar refractivity (Wildman–Crippen MR) is 329 cm³/mol. The van der Waals surface area contributed by atoms with Gasteiger partial charge in [-0.1, -0.05) is 334 Å². The largest absolute Gasteiger partial charge is 0.466 e. The second kappa shape index (κ2) is 64.9. The molecule has 0 radical (unpaired) electrons. The molecule has 0 saturated carbocycles. The highest BCUT2D eigenvalue weighted by atomic mass is 16.5. The summed E-state index contributed by atoms with van der Waals surface area (Å²) in [5, 5.41) is 23.2. The Balaban J connectivity index is 3.39. The fraction of sp³-hybridized carbons (Fsp3) is 0.913. The van der Waals surface area contributed by atoms with Gasteiger partial charge in [-0.15, -0.1) is 0 Å². The van der Waals surface area contributed by atoms with Crippen LogP contribution in [0.3, 0.4) is 0 Å². The number of unbranched alkanes of at least 4 members (excludes halogenated alkanes) is 51. The van der Waals surface area contributed by atoms with Gasteiger partial charge in [0.05, 0.1) is 25.4 Å². The number of hydrogen-bond acceptors (Lipinski definition) is 5. The van der Waals surface area contributed by atoms with Gasteiger partial charge in [-0.2, -0.15) is 0 Å². The third kappa shape index (κ3) is 61.4.